The van der Waals surface area contributed by atoms with E-state index < -0.39 is 0 Å². The van der Waals surface area contributed by atoms with Gasteiger partial charge in [-0.1, -0.05) is 0 Å². The van der Waals surface area contributed by atoms with Crippen LogP contribution in [-0.4, -0.2) is 35.8 Å². The van der Waals surface area contributed by atoms with E-state index in [-0.39, 0.29) is 0 Å². The van der Waals surface area contributed by atoms with Gasteiger partial charge in [0.05, 0.1) is 12.6 Å². The smallest absolute Gasteiger partial charge is 0.132 e. The van der Waals surface area contributed by atoms with Crippen LogP contribution in [0.3, 0.4) is 0 Å². The summed E-state index contributed by atoms with van der Waals surface area (Å²) in [5.41, 5.74) is 1.03. The average molecular weight is 235 g/mol. The molecule has 0 bridgehead atoms. The Morgan fingerprint density at radius 3 is 2.82 bits per heavy atom. The van der Waals surface area contributed by atoms with Crippen LogP contribution in [0, 0.1) is 13.8 Å². The van der Waals surface area contributed by atoms with Crippen LogP contribution < -0.4 is 4.90 Å². The number of aryl methyl sites for hydroxylation is 2. The highest BCUT2D eigenvalue weighted by atomic mass is 16.5. The minimum atomic E-state index is 0.461. The van der Waals surface area contributed by atoms with Crippen molar-refractivity contribution in [1.29, 1.82) is 0 Å². The third-order valence-corrected chi connectivity index (χ3v) is 3.16. The molecule has 1 aromatic heterocycles. The maximum atomic E-state index is 5.56. The van der Waals surface area contributed by atoms with Crippen molar-refractivity contribution < 1.29 is 4.74 Å². The fourth-order valence-electron chi connectivity index (χ4n) is 2.42. The Balaban J connectivity index is 2.21. The highest BCUT2D eigenvalue weighted by Crippen LogP contribution is 2.20. The zero-order valence-corrected chi connectivity index (χ0v) is 10.9. The lowest BCUT2D eigenvalue weighted by Crippen LogP contribution is -2.41. The zero-order chi connectivity index (χ0) is 12.3. The fourth-order valence-corrected chi connectivity index (χ4v) is 2.42. The van der Waals surface area contributed by atoms with Crippen LogP contribution in [0.1, 0.15) is 31.3 Å². The van der Waals surface area contributed by atoms with Crippen molar-refractivity contribution in [3.05, 3.63) is 17.6 Å². The minimum absolute atomic E-state index is 0.461. The van der Waals surface area contributed by atoms with Gasteiger partial charge in [0.2, 0.25) is 0 Å². The summed E-state index contributed by atoms with van der Waals surface area (Å²) >= 11 is 0. The quantitative estimate of drug-likeness (QED) is 0.804. The van der Waals surface area contributed by atoms with E-state index in [2.05, 4.69) is 27.9 Å². The molecule has 0 N–H and O–H groups in total. The maximum absolute atomic E-state index is 5.56. The largest absolute Gasteiger partial charge is 0.379 e. The Morgan fingerprint density at radius 2 is 2.24 bits per heavy atom. The lowest BCUT2D eigenvalue weighted by Gasteiger charge is -2.34. The summed E-state index contributed by atoms with van der Waals surface area (Å²) in [6.45, 7) is 8.81. The molecule has 1 aliphatic rings. The van der Waals surface area contributed by atoms with E-state index in [4.69, 9.17) is 4.74 Å². The van der Waals surface area contributed by atoms with Gasteiger partial charge in [-0.15, -0.1) is 0 Å². The second-order valence-electron chi connectivity index (χ2n) is 4.57. The highest BCUT2D eigenvalue weighted by molar-refractivity contribution is 5.41. The standard InChI is InChI=1S/C13H21N3O/c1-4-16(12-6-5-7-17-9-12)13-8-10(2)14-11(3)15-13/h8,12H,4-7,9H2,1-3H3. The molecule has 4 nitrogen and oxygen atoms in total. The van der Waals surface area contributed by atoms with E-state index >= 15 is 0 Å². The van der Waals surface area contributed by atoms with Gasteiger partial charge in [-0.05, 0) is 33.6 Å². The molecule has 0 amide bonds. The first-order valence-corrected chi connectivity index (χ1v) is 6.37. The first-order valence-electron chi connectivity index (χ1n) is 6.37. The normalized spacial score (nSPS) is 20.3. The Morgan fingerprint density at radius 1 is 1.41 bits per heavy atom. The second-order valence-corrected chi connectivity index (χ2v) is 4.57. The molecule has 0 spiro atoms. The molecular weight excluding hydrogens is 214 g/mol. The van der Waals surface area contributed by atoms with Crippen LogP contribution in [0.4, 0.5) is 5.82 Å². The van der Waals surface area contributed by atoms with E-state index in [0.717, 1.165) is 43.5 Å². The van der Waals surface area contributed by atoms with Crippen molar-refractivity contribution in [2.75, 3.05) is 24.7 Å². The number of ether oxygens (including phenoxy) is 1. The SMILES string of the molecule is CCN(c1cc(C)nc(C)n1)C1CCCOC1. The van der Waals surface area contributed by atoms with E-state index in [1.165, 1.54) is 6.42 Å². The minimum Gasteiger partial charge on any atom is -0.379 e. The maximum Gasteiger partial charge on any atom is 0.132 e. The van der Waals surface area contributed by atoms with Crippen molar-refractivity contribution in [2.24, 2.45) is 0 Å². The predicted molar refractivity (Wildman–Crippen MR) is 68.4 cm³/mol. The van der Waals surface area contributed by atoms with E-state index in [9.17, 15) is 0 Å². The van der Waals surface area contributed by atoms with Crippen molar-refractivity contribution in [2.45, 2.75) is 39.7 Å². The molecule has 94 valence electrons. The highest BCUT2D eigenvalue weighted by Gasteiger charge is 2.22. The molecule has 1 aromatic rings. The van der Waals surface area contributed by atoms with Crippen LogP contribution in [-0.2, 0) is 4.74 Å². The van der Waals surface area contributed by atoms with Gasteiger partial charge in [0, 0.05) is 24.9 Å². The third kappa shape index (κ3) is 2.94. The summed E-state index contributed by atoms with van der Waals surface area (Å²) in [6.07, 6.45) is 2.33. The first kappa shape index (κ1) is 12.3. The summed E-state index contributed by atoms with van der Waals surface area (Å²) in [7, 11) is 0. The summed E-state index contributed by atoms with van der Waals surface area (Å²) in [4.78, 5) is 11.2. The summed E-state index contributed by atoms with van der Waals surface area (Å²) in [5, 5.41) is 0. The van der Waals surface area contributed by atoms with Gasteiger partial charge in [0.15, 0.2) is 0 Å². The predicted octanol–water partition coefficient (Wildman–Crippen LogP) is 2.10. The van der Waals surface area contributed by atoms with Crippen LogP contribution in [0.25, 0.3) is 0 Å². The van der Waals surface area contributed by atoms with Crippen LogP contribution in [0.15, 0.2) is 6.07 Å². The van der Waals surface area contributed by atoms with Gasteiger partial charge in [0.1, 0.15) is 11.6 Å². The van der Waals surface area contributed by atoms with Crippen molar-refractivity contribution in [3.63, 3.8) is 0 Å². The molecule has 2 heterocycles. The van der Waals surface area contributed by atoms with Gasteiger partial charge < -0.3 is 9.64 Å². The topological polar surface area (TPSA) is 38.2 Å². The molecule has 0 aliphatic carbocycles. The van der Waals surface area contributed by atoms with Crippen molar-refractivity contribution in [3.8, 4) is 0 Å². The molecule has 1 fully saturated rings. The Labute approximate surface area is 103 Å². The van der Waals surface area contributed by atoms with Gasteiger partial charge >= 0.3 is 0 Å². The summed E-state index contributed by atoms with van der Waals surface area (Å²) < 4.78 is 5.56. The monoisotopic (exact) mass is 235 g/mol. The number of rotatable bonds is 3. The fraction of sp³-hybridized carbons (Fsp3) is 0.692. The molecule has 0 radical (unpaired) electrons. The molecular formula is C13H21N3O. The Kier molecular flexibility index (Phi) is 3.94. The first-order chi connectivity index (χ1) is 8.20. The van der Waals surface area contributed by atoms with Crippen molar-refractivity contribution >= 4 is 5.82 Å². The number of likely N-dealkylation sites (N-methyl/N-ethyl adjacent to an activating group) is 1. The Bertz CT molecular complexity index is 355. The molecule has 17 heavy (non-hydrogen) atoms. The van der Waals surface area contributed by atoms with Gasteiger partial charge in [-0.25, -0.2) is 9.97 Å². The number of hydrogen-bond donors (Lipinski definition) is 0. The van der Waals surface area contributed by atoms with Crippen LogP contribution in [0.5, 0.6) is 0 Å². The van der Waals surface area contributed by atoms with Gasteiger partial charge in [-0.3, -0.25) is 0 Å². The lowest BCUT2D eigenvalue weighted by molar-refractivity contribution is 0.0793. The molecule has 4 heteroatoms. The molecule has 1 saturated heterocycles. The van der Waals surface area contributed by atoms with E-state index in [1.54, 1.807) is 0 Å². The molecule has 1 unspecified atom stereocenters. The average Bonchev–Trinajstić information content (AvgIpc) is 2.30. The molecule has 2 rings (SSSR count). The van der Waals surface area contributed by atoms with Crippen molar-refractivity contribution in [1.82, 2.24) is 9.97 Å². The number of aromatic nitrogens is 2. The summed E-state index contributed by atoms with van der Waals surface area (Å²) in [6, 6.07) is 2.52. The second kappa shape index (κ2) is 5.45. The zero-order valence-electron chi connectivity index (χ0n) is 10.9. The molecule has 1 atom stereocenters. The number of nitrogens with zero attached hydrogens (tertiary/aromatic N) is 3. The summed E-state index contributed by atoms with van der Waals surface area (Å²) in [5.74, 6) is 1.88. The molecule has 1 aliphatic heterocycles. The van der Waals surface area contributed by atoms with Gasteiger partial charge in [-0.2, -0.15) is 0 Å². The van der Waals surface area contributed by atoms with E-state index in [0.29, 0.717) is 6.04 Å². The number of anilines is 1. The molecule has 0 saturated carbocycles. The Hall–Kier alpha value is -1.16. The molecule has 0 aromatic carbocycles. The van der Waals surface area contributed by atoms with Gasteiger partial charge in [0.25, 0.3) is 0 Å². The van der Waals surface area contributed by atoms with Crippen LogP contribution >= 0.6 is 0 Å². The third-order valence-electron chi connectivity index (χ3n) is 3.16. The van der Waals surface area contributed by atoms with E-state index in [1.807, 2.05) is 13.8 Å². The lowest BCUT2D eigenvalue weighted by atomic mass is 10.1. The van der Waals surface area contributed by atoms with Crippen LogP contribution in [0.2, 0.25) is 0 Å². The number of hydrogen-bond acceptors (Lipinski definition) is 4.